The number of pyridine rings is 1. The van der Waals surface area contributed by atoms with Crippen LogP contribution in [-0.2, 0) is 11.3 Å². The van der Waals surface area contributed by atoms with Crippen molar-refractivity contribution in [3.63, 3.8) is 0 Å². The van der Waals surface area contributed by atoms with Gasteiger partial charge in [0.1, 0.15) is 0 Å². The van der Waals surface area contributed by atoms with E-state index in [0.29, 0.717) is 13.2 Å². The summed E-state index contributed by atoms with van der Waals surface area (Å²) in [5, 5.41) is 11.0. The van der Waals surface area contributed by atoms with Gasteiger partial charge in [0, 0.05) is 24.9 Å². The van der Waals surface area contributed by atoms with Gasteiger partial charge in [0.15, 0.2) is 0 Å². The van der Waals surface area contributed by atoms with E-state index < -0.39 is 0 Å². The maximum Gasteiger partial charge on any atom is 0.0958 e. The molecule has 0 amide bonds. The zero-order valence-electron chi connectivity index (χ0n) is 7.97. The molecule has 1 aromatic heterocycles. The Labute approximate surface area is 83.1 Å². The van der Waals surface area contributed by atoms with Crippen LogP contribution in [0.1, 0.15) is 5.69 Å². The van der Waals surface area contributed by atoms with Crippen molar-refractivity contribution in [2.75, 3.05) is 19.7 Å². The molecule has 1 fully saturated rings. The third-order valence-corrected chi connectivity index (χ3v) is 2.21. The van der Waals surface area contributed by atoms with Gasteiger partial charge in [-0.15, -0.1) is 0 Å². The van der Waals surface area contributed by atoms with E-state index in [1.54, 1.807) is 11.3 Å². The monoisotopic (exact) mass is 194 g/mol. The van der Waals surface area contributed by atoms with Crippen molar-refractivity contribution in [2.45, 2.75) is 12.5 Å². The van der Waals surface area contributed by atoms with Gasteiger partial charge in [-0.1, -0.05) is 6.07 Å². The Hall–Kier alpha value is -0.970. The van der Waals surface area contributed by atoms with Crippen LogP contribution in [0.5, 0.6) is 0 Å². The highest BCUT2D eigenvalue weighted by Crippen LogP contribution is 2.06. The molecule has 0 saturated carbocycles. The number of hydroxylamine groups is 2. The van der Waals surface area contributed by atoms with Gasteiger partial charge in [0.2, 0.25) is 0 Å². The van der Waals surface area contributed by atoms with Crippen molar-refractivity contribution in [1.29, 1.82) is 0 Å². The Morgan fingerprint density at radius 3 is 3.14 bits per heavy atom. The second-order valence-electron chi connectivity index (χ2n) is 3.41. The van der Waals surface area contributed by atoms with Crippen molar-refractivity contribution in [3.8, 4) is 0 Å². The first-order valence-electron chi connectivity index (χ1n) is 4.80. The minimum Gasteiger partial charge on any atom is -0.389 e. The minimum atomic E-state index is -0.335. The highest BCUT2D eigenvalue weighted by Gasteiger charge is 2.20. The van der Waals surface area contributed by atoms with E-state index in [1.165, 1.54) is 0 Å². The molecule has 76 valence electrons. The number of hydrogen-bond donors (Lipinski definition) is 1. The second-order valence-corrected chi connectivity index (χ2v) is 3.41. The van der Waals surface area contributed by atoms with Gasteiger partial charge in [-0.25, -0.2) is 0 Å². The number of hydrogen-bond acceptors (Lipinski definition) is 4. The SMILES string of the molecule is O[C@H]1CON(CCc2ccccn2)C1. The Morgan fingerprint density at radius 1 is 1.57 bits per heavy atom. The normalized spacial score (nSPS) is 22.8. The average molecular weight is 194 g/mol. The van der Waals surface area contributed by atoms with Crippen LogP contribution < -0.4 is 0 Å². The lowest BCUT2D eigenvalue weighted by molar-refractivity contribution is -0.109. The van der Waals surface area contributed by atoms with E-state index in [0.717, 1.165) is 18.7 Å². The Bertz CT molecular complexity index is 279. The molecule has 1 aliphatic heterocycles. The summed E-state index contributed by atoms with van der Waals surface area (Å²) < 4.78 is 0. The molecule has 2 rings (SSSR count). The first-order valence-corrected chi connectivity index (χ1v) is 4.80. The number of aliphatic hydroxyl groups excluding tert-OH is 1. The van der Waals surface area contributed by atoms with Crippen molar-refractivity contribution >= 4 is 0 Å². The molecular formula is C10H14N2O2. The molecule has 0 unspecified atom stereocenters. The summed E-state index contributed by atoms with van der Waals surface area (Å²) in [7, 11) is 0. The number of β-amino-alcohol motifs (C(OH)–C–C–N with tert-alkyl or cyclic N) is 1. The largest absolute Gasteiger partial charge is 0.389 e. The van der Waals surface area contributed by atoms with Gasteiger partial charge in [-0.2, -0.15) is 5.06 Å². The number of aliphatic hydroxyl groups is 1. The van der Waals surface area contributed by atoms with E-state index in [4.69, 9.17) is 4.84 Å². The fourth-order valence-electron chi connectivity index (χ4n) is 1.47. The topological polar surface area (TPSA) is 45.6 Å². The van der Waals surface area contributed by atoms with E-state index >= 15 is 0 Å². The standard InChI is InChI=1S/C10H14N2O2/c13-10-7-12(14-8-10)6-4-9-3-1-2-5-11-9/h1-3,5,10,13H,4,6-8H2/t10-/m1/s1. The lowest BCUT2D eigenvalue weighted by Gasteiger charge is -2.12. The van der Waals surface area contributed by atoms with Crippen LogP contribution in [0, 0.1) is 0 Å². The van der Waals surface area contributed by atoms with Crippen molar-refractivity contribution in [2.24, 2.45) is 0 Å². The summed E-state index contributed by atoms with van der Waals surface area (Å²) in [5.41, 5.74) is 1.05. The molecule has 1 saturated heterocycles. The summed E-state index contributed by atoms with van der Waals surface area (Å²) in [6.07, 6.45) is 2.31. The lowest BCUT2D eigenvalue weighted by atomic mass is 10.2. The third kappa shape index (κ3) is 2.51. The molecule has 1 N–H and O–H groups in total. The van der Waals surface area contributed by atoms with E-state index in [1.807, 2.05) is 18.2 Å². The van der Waals surface area contributed by atoms with Gasteiger partial charge >= 0.3 is 0 Å². The van der Waals surface area contributed by atoms with E-state index in [9.17, 15) is 5.11 Å². The zero-order valence-corrected chi connectivity index (χ0v) is 7.97. The summed E-state index contributed by atoms with van der Waals surface area (Å²) in [5.74, 6) is 0. The fraction of sp³-hybridized carbons (Fsp3) is 0.500. The van der Waals surface area contributed by atoms with Gasteiger partial charge in [0.05, 0.1) is 19.3 Å². The van der Waals surface area contributed by atoms with Crippen LogP contribution in [0.4, 0.5) is 0 Å². The van der Waals surface area contributed by atoms with Crippen LogP contribution in [-0.4, -0.2) is 41.0 Å². The maximum atomic E-state index is 9.21. The summed E-state index contributed by atoms with van der Waals surface area (Å²) in [6, 6.07) is 5.87. The minimum absolute atomic E-state index is 0.335. The van der Waals surface area contributed by atoms with Crippen LogP contribution in [0.25, 0.3) is 0 Å². The van der Waals surface area contributed by atoms with Crippen molar-refractivity contribution in [1.82, 2.24) is 10.0 Å². The Balaban J connectivity index is 1.78. The molecule has 2 heterocycles. The Kier molecular flexibility index (Phi) is 3.08. The fourth-order valence-corrected chi connectivity index (χ4v) is 1.47. The summed E-state index contributed by atoms with van der Waals surface area (Å²) in [4.78, 5) is 9.46. The highest BCUT2D eigenvalue weighted by molar-refractivity contribution is 5.03. The summed E-state index contributed by atoms with van der Waals surface area (Å²) in [6.45, 7) is 1.81. The van der Waals surface area contributed by atoms with Crippen LogP contribution in [0.15, 0.2) is 24.4 Å². The first kappa shape index (κ1) is 9.58. The smallest absolute Gasteiger partial charge is 0.0958 e. The van der Waals surface area contributed by atoms with Crippen molar-refractivity contribution < 1.29 is 9.94 Å². The van der Waals surface area contributed by atoms with Crippen LogP contribution >= 0.6 is 0 Å². The van der Waals surface area contributed by atoms with Gasteiger partial charge in [-0.05, 0) is 12.1 Å². The average Bonchev–Trinajstić information content (AvgIpc) is 2.63. The lowest BCUT2D eigenvalue weighted by Crippen LogP contribution is -2.23. The van der Waals surface area contributed by atoms with Crippen LogP contribution in [0.2, 0.25) is 0 Å². The molecule has 0 radical (unpaired) electrons. The molecule has 0 bridgehead atoms. The number of aromatic nitrogens is 1. The number of nitrogens with zero attached hydrogens (tertiary/aromatic N) is 2. The molecule has 4 nitrogen and oxygen atoms in total. The highest BCUT2D eigenvalue weighted by atomic mass is 16.7. The first-order chi connectivity index (χ1) is 6.84. The Morgan fingerprint density at radius 2 is 2.50 bits per heavy atom. The molecular weight excluding hydrogens is 180 g/mol. The van der Waals surface area contributed by atoms with Gasteiger partial charge in [0.25, 0.3) is 0 Å². The van der Waals surface area contributed by atoms with Gasteiger partial charge in [-0.3, -0.25) is 9.82 Å². The van der Waals surface area contributed by atoms with Crippen LogP contribution in [0.3, 0.4) is 0 Å². The number of rotatable bonds is 3. The second kappa shape index (κ2) is 4.50. The predicted octanol–water partition coefficient (Wildman–Crippen LogP) is 0.232. The zero-order chi connectivity index (χ0) is 9.80. The van der Waals surface area contributed by atoms with Crippen molar-refractivity contribution in [3.05, 3.63) is 30.1 Å². The predicted molar refractivity (Wildman–Crippen MR) is 51.5 cm³/mol. The molecule has 0 aliphatic carbocycles. The summed E-state index contributed by atoms with van der Waals surface area (Å²) >= 11 is 0. The van der Waals surface area contributed by atoms with E-state index in [-0.39, 0.29) is 6.10 Å². The van der Waals surface area contributed by atoms with E-state index in [2.05, 4.69) is 4.98 Å². The van der Waals surface area contributed by atoms with Gasteiger partial charge < -0.3 is 5.11 Å². The third-order valence-electron chi connectivity index (χ3n) is 2.21. The molecule has 1 atom stereocenters. The molecule has 0 aromatic carbocycles. The molecule has 1 aliphatic rings. The maximum absolute atomic E-state index is 9.21. The molecule has 4 heteroatoms. The molecule has 0 spiro atoms. The quantitative estimate of drug-likeness (QED) is 0.748. The molecule has 14 heavy (non-hydrogen) atoms. The molecule has 1 aromatic rings.